The van der Waals surface area contributed by atoms with E-state index in [1.165, 1.54) is 33.8 Å². The molecule has 0 spiro atoms. The third-order valence-corrected chi connectivity index (χ3v) is 18.7. The van der Waals surface area contributed by atoms with Gasteiger partial charge in [-0.15, -0.1) is 19.7 Å². The standard InChI is InChI=1S/C27H39BN2O7.C21H26N2O5.C14H25NO6S.C13H23NO4.C7H17BN2O4/c1-17(31)29-21(24(34)35-25(2,3)4)18(12-11-15-28-36-26(5,6)27(7,8)37-28)16-30-22(32)19-13-9-10-14-20(19)23(30)33;1-6-9-14(17(22-13(2)24)20(27)28-21(3,4)5)12-23-18(25)15-10-7-8-11-16(15)19(23)26;1-7-8-11(9-20-22(6,18)19)12(15-10(2)16)13(17)21-14(3,4)5;1-6-7-10(8-15)11(14-9(2)16)12(17)18-13(3,4)5;9-4-5(6(10)7(11)12)2-1-3-8(13)14/h9-10,13-14,18,21H,11-12,15-16H2,1-8H3,(H,29,31);6-8,10-11,14,17H,1,9,12H2,2-5H3,(H,22,24);7,11-12H,1,8-9H2,2-6H3,(H,15,16);6,10-11,15H,1,7-8H2,2-5H3,(H,14,16);5-6,13-14H,1-4,9-10H2,(H,11,12)/t18-,21-;14-,17-;11-,12-;10-,11-;5-,6-/m00000/s1. The van der Waals surface area contributed by atoms with Crippen molar-refractivity contribution in [3.8, 4) is 0 Å². The van der Waals surface area contributed by atoms with E-state index in [1.54, 1.807) is 144 Å². The lowest BCUT2D eigenvalue weighted by Gasteiger charge is -2.32. The molecule has 0 aliphatic carbocycles. The number of fused-ring (bicyclic) bond motifs is 2. The second-order valence-corrected chi connectivity index (χ2v) is 35.7. The summed E-state index contributed by atoms with van der Waals surface area (Å²) in [6.45, 7) is 44.3. The van der Waals surface area contributed by atoms with Crippen molar-refractivity contribution in [2.24, 2.45) is 41.1 Å². The van der Waals surface area contributed by atoms with Gasteiger partial charge in [-0.1, -0.05) is 55.3 Å². The highest BCUT2D eigenvalue weighted by Gasteiger charge is 2.51. The van der Waals surface area contributed by atoms with Crippen LogP contribution in [0, 0.1) is 29.6 Å². The molecule has 10 atom stereocenters. The van der Waals surface area contributed by atoms with Crippen LogP contribution in [0.1, 0.15) is 225 Å². The zero-order chi connectivity index (χ0) is 91.9. The first kappa shape index (κ1) is 108. The Labute approximate surface area is 701 Å². The van der Waals surface area contributed by atoms with Crippen molar-refractivity contribution in [2.75, 3.05) is 39.1 Å². The van der Waals surface area contributed by atoms with Crippen LogP contribution in [0.15, 0.2) is 86.5 Å². The third-order valence-electron chi connectivity index (χ3n) is 18.1. The van der Waals surface area contributed by atoms with Gasteiger partial charge in [0.25, 0.3) is 33.7 Å². The fourth-order valence-electron chi connectivity index (χ4n) is 12.1. The molecule has 2 aromatic carbocycles. The van der Waals surface area contributed by atoms with E-state index in [4.69, 9.17) is 59.1 Å². The molecule has 0 saturated carbocycles. The second kappa shape index (κ2) is 48.4. The monoisotopic (exact) mass is 1700 g/mol. The number of amides is 8. The van der Waals surface area contributed by atoms with Crippen molar-refractivity contribution in [3.05, 3.63) is 109 Å². The molecule has 34 nitrogen and oxygen atoms in total. The number of carboxylic acids is 1. The van der Waals surface area contributed by atoms with Crippen LogP contribution >= 0.6 is 0 Å². The molecule has 3 heterocycles. The van der Waals surface area contributed by atoms with E-state index in [2.05, 4.69) is 41.0 Å². The summed E-state index contributed by atoms with van der Waals surface area (Å²) in [7, 11) is -5.44. The third kappa shape index (κ3) is 38.9. The maximum atomic E-state index is 13.2. The summed E-state index contributed by atoms with van der Waals surface area (Å²) >= 11 is 0. The molecule has 1 saturated heterocycles. The highest BCUT2D eigenvalue weighted by molar-refractivity contribution is 7.86. The molecule has 666 valence electrons. The van der Waals surface area contributed by atoms with Crippen molar-refractivity contribution in [1.29, 1.82) is 0 Å². The van der Waals surface area contributed by atoms with Gasteiger partial charge in [-0.25, -0.2) is 19.2 Å². The molecule has 5 rings (SSSR count). The first-order chi connectivity index (χ1) is 54.6. The number of carboxylic acid groups (broad SMARTS) is 1. The van der Waals surface area contributed by atoms with Crippen LogP contribution in [0.5, 0.6) is 0 Å². The van der Waals surface area contributed by atoms with Crippen LogP contribution in [0.25, 0.3) is 0 Å². The van der Waals surface area contributed by atoms with Crippen LogP contribution in [-0.4, -0.2) is 233 Å². The number of ether oxygens (including phenoxy) is 4. The van der Waals surface area contributed by atoms with Crippen LogP contribution < -0.4 is 32.7 Å². The number of aliphatic carboxylic acids is 1. The smallest absolute Gasteiger partial charge is 0.457 e. The van der Waals surface area contributed by atoms with E-state index >= 15 is 0 Å². The molecule has 12 N–H and O–H groups in total. The van der Waals surface area contributed by atoms with Gasteiger partial charge in [-0.3, -0.25) is 57.1 Å². The van der Waals surface area contributed by atoms with Crippen molar-refractivity contribution in [2.45, 2.75) is 260 Å². The number of hydrogen-bond donors (Lipinski definition) is 10. The molecule has 119 heavy (non-hydrogen) atoms. The predicted molar refractivity (Wildman–Crippen MR) is 446 cm³/mol. The molecule has 0 radical (unpaired) electrons. The summed E-state index contributed by atoms with van der Waals surface area (Å²) in [6.07, 6.45) is 9.36. The number of aliphatic hydroxyl groups excluding tert-OH is 1. The Kier molecular flexibility index (Phi) is 43.9. The maximum absolute atomic E-state index is 13.2. The van der Waals surface area contributed by atoms with Crippen LogP contribution in [-0.2, 0) is 85.7 Å². The Hall–Kier alpha value is -9.07. The van der Waals surface area contributed by atoms with Gasteiger partial charge in [0.2, 0.25) is 23.6 Å². The number of imide groups is 2. The number of nitrogens with zero attached hydrogens (tertiary/aromatic N) is 2. The van der Waals surface area contributed by atoms with E-state index in [0.717, 1.165) is 16.1 Å². The molecular formula is C82H130B2N8O26S. The quantitative estimate of drug-likeness (QED) is 0.00900. The molecule has 3 aliphatic rings. The molecule has 0 aromatic heterocycles. The molecule has 0 unspecified atom stereocenters. The first-order valence-electron chi connectivity index (χ1n) is 39.2. The van der Waals surface area contributed by atoms with Gasteiger partial charge in [0.05, 0.1) is 46.3 Å². The second-order valence-electron chi connectivity index (χ2n) is 34.1. The summed E-state index contributed by atoms with van der Waals surface area (Å²) in [4.78, 5) is 161. The van der Waals surface area contributed by atoms with E-state index in [-0.39, 0.29) is 57.4 Å². The van der Waals surface area contributed by atoms with Crippen molar-refractivity contribution in [3.63, 3.8) is 0 Å². The Morgan fingerprint density at radius 2 is 0.824 bits per heavy atom. The summed E-state index contributed by atoms with van der Waals surface area (Å²) in [5.41, 5.74) is 8.24. The lowest BCUT2D eigenvalue weighted by atomic mass is 9.80. The van der Waals surface area contributed by atoms with E-state index in [0.29, 0.717) is 67.1 Å². The zero-order valence-electron chi connectivity index (χ0n) is 73.0. The number of aliphatic hydroxyl groups is 1. The van der Waals surface area contributed by atoms with Gasteiger partial charge in [-0.05, 0) is 192 Å². The SMILES string of the molecule is C=CC[C@@H](CN1C(=O)c2ccccc2C1=O)[C@H](NC(C)=O)C(=O)OC(C)(C)C.C=CC[C@@H](CO)[C@H](NC(C)=O)C(=O)OC(C)(C)C.C=CC[C@@H](COS(C)(=O)=O)[C@H](NC(C)=O)C(=O)OC(C)(C)C.CC(=O)N[C@H](C(=O)OC(C)(C)C)[C@@H](CCCB1OC(C)(C)C(C)(C)O1)CN1C(=O)c2ccccc2C1=O.NC[C@H](CCCB(O)O)[C@H](N)C(=O)O. The normalized spacial score (nSPS) is 16.6. The topological polar surface area (TPSA) is 508 Å². The Morgan fingerprint density at radius 1 is 0.529 bits per heavy atom. The summed E-state index contributed by atoms with van der Waals surface area (Å²) < 4.78 is 60.7. The Balaban J connectivity index is 0.000000775. The van der Waals surface area contributed by atoms with E-state index < -0.39 is 183 Å². The zero-order valence-corrected chi connectivity index (χ0v) is 73.8. The number of rotatable bonds is 37. The van der Waals surface area contributed by atoms with Gasteiger partial charge >= 0.3 is 44.1 Å². The largest absolute Gasteiger partial charge is 0.480 e. The number of nitrogens with two attached hydrogens (primary N) is 2. The number of esters is 4. The highest BCUT2D eigenvalue weighted by atomic mass is 32.2. The van der Waals surface area contributed by atoms with Crippen molar-refractivity contribution < 1.29 is 123 Å². The molecule has 2 aromatic rings. The molecule has 1 fully saturated rings. The minimum Gasteiger partial charge on any atom is -0.480 e. The molecule has 8 amide bonds. The van der Waals surface area contributed by atoms with Crippen LogP contribution in [0.2, 0.25) is 12.6 Å². The van der Waals surface area contributed by atoms with Crippen molar-refractivity contribution in [1.82, 2.24) is 31.1 Å². The fraction of sp³-hybridized carbons (Fsp3) is 0.622. The fourth-order valence-corrected chi connectivity index (χ4v) is 12.5. The van der Waals surface area contributed by atoms with Gasteiger partial charge in [-0.2, -0.15) is 8.42 Å². The Morgan fingerprint density at radius 3 is 1.11 bits per heavy atom. The highest BCUT2D eigenvalue weighted by Crippen LogP contribution is 2.39. The van der Waals surface area contributed by atoms with E-state index in [1.807, 2.05) is 27.7 Å². The van der Waals surface area contributed by atoms with Gasteiger partial charge < -0.3 is 81.3 Å². The van der Waals surface area contributed by atoms with Crippen molar-refractivity contribution >= 4 is 101 Å². The Bertz CT molecular complexity index is 3860. The predicted octanol–water partition coefficient (Wildman–Crippen LogP) is 6.18. The number of hydrogen-bond acceptors (Lipinski definition) is 27. The minimum atomic E-state index is -3.66. The van der Waals surface area contributed by atoms with E-state index in [9.17, 15) is 75.9 Å². The summed E-state index contributed by atoms with van der Waals surface area (Å²) in [5.74, 6) is -9.24. The lowest BCUT2D eigenvalue weighted by Crippen LogP contribution is -2.51. The minimum absolute atomic E-state index is 0.0391. The van der Waals surface area contributed by atoms with Gasteiger partial charge in [0.1, 0.15) is 52.6 Å². The first-order valence-corrected chi connectivity index (χ1v) is 41.0. The summed E-state index contributed by atoms with van der Waals surface area (Å²) in [6, 6.07) is 8.30. The molecule has 37 heteroatoms. The van der Waals surface area contributed by atoms with Crippen LogP contribution in [0.3, 0.4) is 0 Å². The molecule has 0 bridgehead atoms. The molecule has 3 aliphatic heterocycles. The molecular weight excluding hydrogens is 1570 g/mol. The summed E-state index contributed by atoms with van der Waals surface area (Å²) in [5, 5.41) is 45.3. The lowest BCUT2D eigenvalue weighted by molar-refractivity contribution is -0.161. The number of carbonyl (C=O) groups is 13. The number of allylic oxidation sites excluding steroid dienone is 3. The number of benzene rings is 2. The maximum Gasteiger partial charge on any atom is 0.457 e. The van der Waals surface area contributed by atoms with Gasteiger partial charge in [0.15, 0.2) is 0 Å². The number of nitrogens with one attached hydrogen (secondary N) is 4. The average Bonchev–Trinajstić information content (AvgIpc) is 1.65. The van der Waals surface area contributed by atoms with Gasteiger partial charge in [0, 0.05) is 71.1 Å². The average molecular weight is 1700 g/mol. The number of carbonyl (C=O) groups excluding carboxylic acids is 12. The van der Waals surface area contributed by atoms with Crippen LogP contribution in [0.4, 0.5) is 0 Å².